The van der Waals surface area contributed by atoms with Gasteiger partial charge >= 0.3 is 0 Å². The Balaban J connectivity index is 1.21. The smallest absolute Gasteiger partial charge is 0.277 e. The van der Waals surface area contributed by atoms with Crippen LogP contribution in [-0.4, -0.2) is 11.1 Å². The number of thioether (sulfide) groups is 1. The van der Waals surface area contributed by atoms with Gasteiger partial charge in [-0.25, -0.2) is 4.39 Å². The van der Waals surface area contributed by atoms with Gasteiger partial charge in [0.1, 0.15) is 18.2 Å². The van der Waals surface area contributed by atoms with Crippen molar-refractivity contribution < 1.29 is 18.4 Å². The Kier molecular flexibility index (Phi) is 7.85. The molecule has 0 unspecified atom stereocenters. The molecule has 7 heteroatoms. The molecule has 1 aromatic heterocycles. The molecule has 5 rings (SSSR count). The summed E-state index contributed by atoms with van der Waals surface area (Å²) >= 11 is 1.56. The third-order valence-corrected chi connectivity index (χ3v) is 7.12. The molecule has 0 saturated heterocycles. The topological polar surface area (TPSA) is 64.4 Å². The first-order valence-electron chi connectivity index (χ1n) is 12.1. The van der Waals surface area contributed by atoms with Crippen LogP contribution in [0.3, 0.4) is 0 Å². The Morgan fingerprint density at radius 1 is 0.947 bits per heavy atom. The monoisotopic (exact) mass is 524 g/mol. The van der Waals surface area contributed by atoms with Gasteiger partial charge in [-0.15, -0.1) is 11.8 Å². The van der Waals surface area contributed by atoms with Crippen LogP contribution in [0.2, 0.25) is 0 Å². The molecule has 190 valence electrons. The number of anilines is 1. The van der Waals surface area contributed by atoms with E-state index >= 15 is 0 Å². The van der Waals surface area contributed by atoms with Crippen molar-refractivity contribution in [3.63, 3.8) is 0 Å². The number of nitrogens with one attached hydrogen (secondary N) is 1. The number of benzene rings is 4. The van der Waals surface area contributed by atoms with Gasteiger partial charge in [0.25, 0.3) is 5.91 Å². The van der Waals surface area contributed by atoms with E-state index in [1.165, 1.54) is 17.7 Å². The van der Waals surface area contributed by atoms with Gasteiger partial charge < -0.3 is 14.6 Å². The molecular weight excluding hydrogens is 499 g/mol. The molecule has 4 aromatic carbocycles. The fourth-order valence-electron chi connectivity index (χ4n) is 3.79. The van der Waals surface area contributed by atoms with Crippen LogP contribution in [0.15, 0.2) is 113 Å². The number of hydrogen-bond donors (Lipinski definition) is 1. The predicted octanol–water partition coefficient (Wildman–Crippen LogP) is 7.91. The first-order valence-corrected chi connectivity index (χ1v) is 13.1. The number of halogens is 1. The van der Waals surface area contributed by atoms with Crippen LogP contribution in [0.25, 0.3) is 11.3 Å². The molecule has 1 heterocycles. The quantitative estimate of drug-likeness (QED) is 0.199. The minimum atomic E-state index is -0.368. The van der Waals surface area contributed by atoms with E-state index in [1.54, 1.807) is 30.0 Å². The van der Waals surface area contributed by atoms with E-state index < -0.39 is 0 Å². The molecule has 0 spiro atoms. The van der Waals surface area contributed by atoms with E-state index in [-0.39, 0.29) is 17.4 Å². The Labute approximate surface area is 224 Å². The van der Waals surface area contributed by atoms with Crippen LogP contribution in [-0.2, 0) is 12.4 Å². The molecule has 0 atom stereocenters. The van der Waals surface area contributed by atoms with Crippen molar-refractivity contribution in [2.24, 2.45) is 0 Å². The fourth-order valence-corrected chi connectivity index (χ4v) is 4.75. The van der Waals surface area contributed by atoms with Crippen LogP contribution in [0.5, 0.6) is 5.75 Å². The summed E-state index contributed by atoms with van der Waals surface area (Å²) in [7, 11) is 0. The van der Waals surface area contributed by atoms with Gasteiger partial charge in [-0.1, -0.05) is 53.7 Å². The number of carbonyl (C=O) groups is 1. The van der Waals surface area contributed by atoms with E-state index in [1.807, 2.05) is 66.7 Å². The molecule has 5 aromatic rings. The van der Waals surface area contributed by atoms with Gasteiger partial charge in [0, 0.05) is 22.3 Å². The van der Waals surface area contributed by atoms with Crippen molar-refractivity contribution in [1.82, 2.24) is 5.16 Å². The standard InChI is InChI=1S/C31H25FN2O3S/c1-21-6-2-3-7-24(21)19-36-26-16-12-23(13-17-26)29-18-28(34-37-29)31(35)33-27-8-4-5-9-30(27)38-20-22-10-14-25(32)15-11-22/h2-18H,19-20H2,1H3,(H,33,35). The zero-order chi connectivity index (χ0) is 26.3. The maximum absolute atomic E-state index is 13.2. The number of amides is 1. The largest absolute Gasteiger partial charge is 0.489 e. The predicted molar refractivity (Wildman–Crippen MR) is 148 cm³/mol. The summed E-state index contributed by atoms with van der Waals surface area (Å²) in [6.45, 7) is 2.55. The van der Waals surface area contributed by atoms with Gasteiger partial charge in [0.2, 0.25) is 0 Å². The summed E-state index contributed by atoms with van der Waals surface area (Å²) in [5.74, 6) is 1.24. The lowest BCUT2D eigenvalue weighted by Gasteiger charge is -2.10. The summed E-state index contributed by atoms with van der Waals surface area (Å²) in [6.07, 6.45) is 0. The second kappa shape index (κ2) is 11.8. The summed E-state index contributed by atoms with van der Waals surface area (Å²) in [4.78, 5) is 13.8. The SMILES string of the molecule is Cc1ccccc1COc1ccc(-c2cc(C(=O)Nc3ccccc3SCc3ccc(F)cc3)no2)cc1. The maximum Gasteiger partial charge on any atom is 0.277 e. The van der Waals surface area contributed by atoms with Gasteiger partial charge in [-0.3, -0.25) is 4.79 Å². The van der Waals surface area contributed by atoms with Crippen molar-refractivity contribution in [3.05, 3.63) is 131 Å². The van der Waals surface area contributed by atoms with Crippen molar-refractivity contribution in [3.8, 4) is 17.1 Å². The third kappa shape index (κ3) is 6.30. The lowest BCUT2D eigenvalue weighted by molar-refractivity contribution is 0.101. The fraction of sp³-hybridized carbons (Fsp3) is 0.0968. The zero-order valence-corrected chi connectivity index (χ0v) is 21.5. The zero-order valence-electron chi connectivity index (χ0n) is 20.7. The molecule has 0 saturated carbocycles. The highest BCUT2D eigenvalue weighted by atomic mass is 32.2. The summed E-state index contributed by atoms with van der Waals surface area (Å²) in [5.41, 5.74) is 4.95. The summed E-state index contributed by atoms with van der Waals surface area (Å²) in [5, 5.41) is 6.89. The van der Waals surface area contributed by atoms with Crippen molar-refractivity contribution >= 4 is 23.4 Å². The first kappa shape index (κ1) is 25.3. The average Bonchev–Trinajstić information content (AvgIpc) is 3.44. The van der Waals surface area contributed by atoms with Gasteiger partial charge in [-0.05, 0) is 72.1 Å². The lowest BCUT2D eigenvalue weighted by Crippen LogP contribution is -2.12. The molecule has 38 heavy (non-hydrogen) atoms. The van der Waals surface area contributed by atoms with Crippen LogP contribution >= 0.6 is 11.8 Å². The molecule has 1 amide bonds. The van der Waals surface area contributed by atoms with E-state index in [0.717, 1.165) is 27.3 Å². The molecule has 0 bridgehead atoms. The highest BCUT2D eigenvalue weighted by Gasteiger charge is 2.16. The third-order valence-electron chi connectivity index (χ3n) is 5.98. The Bertz CT molecular complexity index is 1530. The Morgan fingerprint density at radius 3 is 2.47 bits per heavy atom. The van der Waals surface area contributed by atoms with E-state index in [9.17, 15) is 9.18 Å². The van der Waals surface area contributed by atoms with Crippen molar-refractivity contribution in [1.29, 1.82) is 0 Å². The minimum Gasteiger partial charge on any atom is -0.489 e. The van der Waals surface area contributed by atoms with Crippen LogP contribution in [0.1, 0.15) is 27.2 Å². The minimum absolute atomic E-state index is 0.179. The normalized spacial score (nSPS) is 10.8. The number of para-hydroxylation sites is 1. The average molecular weight is 525 g/mol. The summed E-state index contributed by atoms with van der Waals surface area (Å²) < 4.78 is 24.5. The number of hydrogen-bond acceptors (Lipinski definition) is 5. The van der Waals surface area contributed by atoms with Crippen molar-refractivity contribution in [2.45, 2.75) is 24.2 Å². The van der Waals surface area contributed by atoms with Crippen molar-refractivity contribution in [2.75, 3.05) is 5.32 Å². The molecule has 0 aliphatic carbocycles. The van der Waals surface area contributed by atoms with E-state index in [4.69, 9.17) is 9.26 Å². The number of nitrogens with zero attached hydrogens (tertiary/aromatic N) is 1. The molecule has 0 fully saturated rings. The Hall–Kier alpha value is -4.36. The molecule has 0 radical (unpaired) electrons. The maximum atomic E-state index is 13.2. The number of aryl methyl sites for hydroxylation is 1. The molecule has 1 N–H and O–H groups in total. The Morgan fingerprint density at radius 2 is 1.68 bits per heavy atom. The van der Waals surface area contributed by atoms with E-state index in [2.05, 4.69) is 23.5 Å². The second-order valence-corrected chi connectivity index (χ2v) is 9.70. The lowest BCUT2D eigenvalue weighted by atomic mass is 10.1. The van der Waals surface area contributed by atoms with Gasteiger partial charge in [-0.2, -0.15) is 0 Å². The van der Waals surface area contributed by atoms with Crippen LogP contribution in [0.4, 0.5) is 10.1 Å². The number of ether oxygens (including phenoxy) is 1. The molecular formula is C31H25FN2O3S. The summed E-state index contributed by atoms with van der Waals surface area (Å²) in [6, 6.07) is 31.1. The molecule has 0 aliphatic heterocycles. The second-order valence-electron chi connectivity index (χ2n) is 8.68. The van der Waals surface area contributed by atoms with Gasteiger partial charge in [0.05, 0.1) is 5.69 Å². The van der Waals surface area contributed by atoms with Crippen LogP contribution in [0, 0.1) is 12.7 Å². The number of aromatic nitrogens is 1. The number of rotatable bonds is 9. The number of carbonyl (C=O) groups excluding carboxylic acids is 1. The molecule has 5 nitrogen and oxygen atoms in total. The highest BCUT2D eigenvalue weighted by molar-refractivity contribution is 7.98. The molecule has 0 aliphatic rings. The van der Waals surface area contributed by atoms with E-state index in [0.29, 0.717) is 23.8 Å². The highest BCUT2D eigenvalue weighted by Crippen LogP contribution is 2.31. The van der Waals surface area contributed by atoms with Crippen LogP contribution < -0.4 is 10.1 Å². The van der Waals surface area contributed by atoms with Gasteiger partial charge in [0.15, 0.2) is 11.5 Å². The first-order chi connectivity index (χ1) is 18.5.